The third kappa shape index (κ3) is 6.58. The Morgan fingerprint density at radius 1 is 1.17 bits per heavy atom. The number of quaternary nitrogens is 2. The van der Waals surface area contributed by atoms with Crippen LogP contribution in [-0.2, 0) is 11.3 Å². The second-order valence-corrected chi connectivity index (χ2v) is 6.23. The van der Waals surface area contributed by atoms with Gasteiger partial charge in [0.15, 0.2) is 6.54 Å². The summed E-state index contributed by atoms with van der Waals surface area (Å²) in [5.41, 5.74) is 2.54. The molecule has 0 saturated carbocycles. The van der Waals surface area contributed by atoms with Crippen LogP contribution >= 0.6 is 0 Å². The van der Waals surface area contributed by atoms with Gasteiger partial charge in [-0.1, -0.05) is 29.8 Å². The minimum absolute atomic E-state index is 0.119. The molecule has 1 aromatic carbocycles. The molecular formula is C16H24F3N3O+2. The van der Waals surface area contributed by atoms with Gasteiger partial charge in [-0.05, 0) is 6.92 Å². The Hall–Kier alpha value is -1.60. The number of rotatable bonds is 5. The van der Waals surface area contributed by atoms with E-state index in [2.05, 4.69) is 31.2 Å². The van der Waals surface area contributed by atoms with Gasteiger partial charge in [-0.3, -0.25) is 4.79 Å². The fourth-order valence-corrected chi connectivity index (χ4v) is 2.91. The van der Waals surface area contributed by atoms with Crippen LogP contribution in [0.4, 0.5) is 13.2 Å². The first-order valence-electron chi connectivity index (χ1n) is 7.88. The molecule has 1 aromatic rings. The Kier molecular flexibility index (Phi) is 6.01. The molecule has 1 aliphatic heterocycles. The molecular weight excluding hydrogens is 307 g/mol. The number of amides is 1. The lowest BCUT2D eigenvalue weighted by atomic mass is 10.1. The van der Waals surface area contributed by atoms with Crippen LogP contribution in [0.5, 0.6) is 0 Å². The van der Waals surface area contributed by atoms with Gasteiger partial charge in [0.1, 0.15) is 39.3 Å². The molecule has 0 bridgehead atoms. The van der Waals surface area contributed by atoms with E-state index < -0.39 is 18.6 Å². The molecule has 1 heterocycles. The summed E-state index contributed by atoms with van der Waals surface area (Å²) in [5.74, 6) is -0.528. The first-order valence-corrected chi connectivity index (χ1v) is 7.88. The lowest BCUT2D eigenvalue weighted by Crippen LogP contribution is -3.28. The average Bonchev–Trinajstić information content (AvgIpc) is 2.47. The SMILES string of the molecule is Cc1cccc(C[NH+]2CC[NH+](CC(=O)NCC(F)(F)F)CC2)c1. The smallest absolute Gasteiger partial charge is 0.342 e. The number of hydrogen-bond acceptors (Lipinski definition) is 1. The van der Waals surface area contributed by atoms with Gasteiger partial charge in [0.05, 0.1) is 0 Å². The molecule has 0 aromatic heterocycles. The molecule has 7 heteroatoms. The Bertz CT molecular complexity index is 526. The molecule has 0 atom stereocenters. The summed E-state index contributed by atoms with van der Waals surface area (Å²) < 4.78 is 36.2. The fraction of sp³-hybridized carbons (Fsp3) is 0.562. The molecule has 3 N–H and O–H groups in total. The van der Waals surface area contributed by atoms with Crippen LogP contribution in [0.3, 0.4) is 0 Å². The maximum atomic E-state index is 12.1. The number of aryl methyl sites for hydroxylation is 1. The monoisotopic (exact) mass is 331 g/mol. The second-order valence-electron chi connectivity index (χ2n) is 6.23. The van der Waals surface area contributed by atoms with E-state index in [0.29, 0.717) is 0 Å². The van der Waals surface area contributed by atoms with Gasteiger partial charge in [0.2, 0.25) is 0 Å². The summed E-state index contributed by atoms with van der Waals surface area (Å²) in [5, 5.41) is 1.94. The van der Waals surface area contributed by atoms with Gasteiger partial charge in [0, 0.05) is 5.56 Å². The number of carbonyl (C=O) groups excluding carboxylic acids is 1. The van der Waals surface area contributed by atoms with Gasteiger partial charge >= 0.3 is 6.18 Å². The Labute approximate surface area is 134 Å². The van der Waals surface area contributed by atoms with E-state index in [1.807, 2.05) is 5.32 Å². The van der Waals surface area contributed by atoms with E-state index in [0.717, 1.165) is 37.6 Å². The Balaban J connectivity index is 1.70. The summed E-state index contributed by atoms with van der Waals surface area (Å²) in [6.45, 7) is 5.36. The molecule has 0 spiro atoms. The number of nitrogens with one attached hydrogen (secondary N) is 3. The van der Waals surface area contributed by atoms with Crippen LogP contribution < -0.4 is 15.1 Å². The standard InChI is InChI=1S/C16H22F3N3O/c1-13-3-2-4-14(9-13)10-21-5-7-22(8-6-21)11-15(23)20-12-16(17,18)19/h2-4,9H,5-8,10-12H2,1H3,(H,20,23)/p+2. The summed E-state index contributed by atoms with van der Waals surface area (Å²) >= 11 is 0. The number of carbonyl (C=O) groups is 1. The number of alkyl halides is 3. The van der Waals surface area contributed by atoms with Gasteiger partial charge in [-0.25, -0.2) is 0 Å². The highest BCUT2D eigenvalue weighted by atomic mass is 19.4. The minimum atomic E-state index is -4.35. The predicted molar refractivity (Wildman–Crippen MR) is 80.2 cm³/mol. The van der Waals surface area contributed by atoms with E-state index in [1.165, 1.54) is 16.0 Å². The number of piperazine rings is 1. The molecule has 1 saturated heterocycles. The summed E-state index contributed by atoms with van der Waals surface area (Å²) in [6.07, 6.45) is -4.35. The lowest BCUT2D eigenvalue weighted by Gasteiger charge is -2.29. The molecule has 23 heavy (non-hydrogen) atoms. The van der Waals surface area contributed by atoms with Crippen molar-refractivity contribution < 1.29 is 27.8 Å². The van der Waals surface area contributed by atoms with E-state index in [9.17, 15) is 18.0 Å². The van der Waals surface area contributed by atoms with Gasteiger partial charge in [-0.2, -0.15) is 13.2 Å². The molecule has 4 nitrogen and oxygen atoms in total. The third-order valence-electron chi connectivity index (χ3n) is 4.10. The Morgan fingerprint density at radius 2 is 1.83 bits per heavy atom. The van der Waals surface area contributed by atoms with Crippen LogP contribution in [-0.4, -0.2) is 51.4 Å². The van der Waals surface area contributed by atoms with E-state index in [-0.39, 0.29) is 6.54 Å². The largest absolute Gasteiger partial charge is 0.405 e. The average molecular weight is 331 g/mol. The van der Waals surface area contributed by atoms with Crippen molar-refractivity contribution in [2.75, 3.05) is 39.3 Å². The van der Waals surface area contributed by atoms with Crippen LogP contribution in [0.2, 0.25) is 0 Å². The topological polar surface area (TPSA) is 38.0 Å². The predicted octanol–water partition coefficient (Wildman–Crippen LogP) is -1.04. The molecule has 128 valence electrons. The summed E-state index contributed by atoms with van der Waals surface area (Å²) in [7, 11) is 0. The zero-order valence-corrected chi connectivity index (χ0v) is 13.3. The zero-order chi connectivity index (χ0) is 16.9. The van der Waals surface area contributed by atoms with Gasteiger partial charge < -0.3 is 15.1 Å². The van der Waals surface area contributed by atoms with Crippen molar-refractivity contribution in [1.82, 2.24) is 5.32 Å². The molecule has 0 aliphatic carbocycles. The molecule has 1 fully saturated rings. The first kappa shape index (κ1) is 17.7. The van der Waals surface area contributed by atoms with Crippen molar-refractivity contribution in [1.29, 1.82) is 0 Å². The summed E-state index contributed by atoms with van der Waals surface area (Å²) in [4.78, 5) is 14.0. The maximum absolute atomic E-state index is 12.1. The molecule has 1 aliphatic rings. The molecule has 0 unspecified atom stereocenters. The highest BCUT2D eigenvalue weighted by Crippen LogP contribution is 2.11. The quantitative estimate of drug-likeness (QED) is 0.633. The van der Waals surface area contributed by atoms with Crippen molar-refractivity contribution in [3.8, 4) is 0 Å². The van der Waals surface area contributed by atoms with Crippen LogP contribution in [0, 0.1) is 6.92 Å². The van der Waals surface area contributed by atoms with Gasteiger partial charge in [-0.15, -0.1) is 0 Å². The van der Waals surface area contributed by atoms with Crippen molar-refractivity contribution in [3.63, 3.8) is 0 Å². The second kappa shape index (κ2) is 7.79. The first-order chi connectivity index (χ1) is 10.8. The highest BCUT2D eigenvalue weighted by molar-refractivity contribution is 5.76. The molecule has 1 amide bonds. The van der Waals surface area contributed by atoms with Crippen molar-refractivity contribution in [3.05, 3.63) is 35.4 Å². The Morgan fingerprint density at radius 3 is 2.43 bits per heavy atom. The van der Waals surface area contributed by atoms with Crippen LogP contribution in [0.1, 0.15) is 11.1 Å². The van der Waals surface area contributed by atoms with Crippen molar-refractivity contribution in [2.45, 2.75) is 19.6 Å². The maximum Gasteiger partial charge on any atom is 0.405 e. The van der Waals surface area contributed by atoms with Crippen LogP contribution in [0.25, 0.3) is 0 Å². The van der Waals surface area contributed by atoms with Crippen LogP contribution in [0.15, 0.2) is 24.3 Å². The van der Waals surface area contributed by atoms with Crippen molar-refractivity contribution >= 4 is 5.91 Å². The van der Waals surface area contributed by atoms with Crippen molar-refractivity contribution in [2.24, 2.45) is 0 Å². The normalized spacial score (nSPS) is 21.9. The lowest BCUT2D eigenvalue weighted by molar-refractivity contribution is -1.02. The third-order valence-corrected chi connectivity index (χ3v) is 4.10. The molecule has 0 radical (unpaired) electrons. The zero-order valence-electron chi connectivity index (χ0n) is 13.3. The van der Waals surface area contributed by atoms with E-state index in [1.54, 1.807) is 0 Å². The number of hydrogen-bond donors (Lipinski definition) is 3. The fourth-order valence-electron chi connectivity index (χ4n) is 2.91. The number of benzene rings is 1. The summed E-state index contributed by atoms with van der Waals surface area (Å²) in [6, 6.07) is 8.41. The number of halogens is 3. The highest BCUT2D eigenvalue weighted by Gasteiger charge is 2.29. The van der Waals surface area contributed by atoms with E-state index >= 15 is 0 Å². The molecule has 2 rings (SSSR count). The van der Waals surface area contributed by atoms with E-state index in [4.69, 9.17) is 0 Å². The van der Waals surface area contributed by atoms with Gasteiger partial charge in [0.25, 0.3) is 5.91 Å². The minimum Gasteiger partial charge on any atom is -0.342 e.